The topological polar surface area (TPSA) is 175 Å². The molecule has 0 spiro atoms. The van der Waals surface area contributed by atoms with E-state index < -0.39 is 67.2 Å². The largest absolute Gasteiger partial charge is 0.471 e. The van der Waals surface area contributed by atoms with Gasteiger partial charge in [0.1, 0.15) is 35.6 Å². The number of rotatable bonds is 4. The molecule has 0 bridgehead atoms. The summed E-state index contributed by atoms with van der Waals surface area (Å²) in [4.78, 5) is 12.0. The smallest absolute Gasteiger partial charge is 0.339 e. The van der Waals surface area contributed by atoms with E-state index in [0.717, 1.165) is 13.4 Å². The van der Waals surface area contributed by atoms with Crippen molar-refractivity contribution in [3.8, 4) is 0 Å². The number of carbonyl (C=O) groups is 1. The molecule has 160 valence electrons. The summed E-state index contributed by atoms with van der Waals surface area (Å²) in [5.41, 5.74) is -2.27. The molecule has 28 heavy (non-hydrogen) atoms. The fourth-order valence-electron chi connectivity index (χ4n) is 4.23. The Morgan fingerprint density at radius 3 is 2.50 bits per heavy atom. The van der Waals surface area contributed by atoms with Crippen molar-refractivity contribution in [1.82, 2.24) is 0 Å². The first kappa shape index (κ1) is 21.4. The van der Waals surface area contributed by atoms with Gasteiger partial charge in [-0.1, -0.05) is 6.92 Å². The Kier molecular flexibility index (Phi) is 5.99. The van der Waals surface area contributed by atoms with Gasteiger partial charge >= 0.3 is 5.97 Å². The van der Waals surface area contributed by atoms with Crippen LogP contribution in [0.2, 0.25) is 0 Å². The molecule has 3 rings (SSSR count). The lowest BCUT2D eigenvalue weighted by molar-refractivity contribution is -0.347. The molecule has 10 atom stereocenters. The Morgan fingerprint density at radius 1 is 1.21 bits per heavy atom. The van der Waals surface area contributed by atoms with E-state index in [1.54, 1.807) is 6.92 Å². The highest BCUT2D eigenvalue weighted by Crippen LogP contribution is 2.50. The van der Waals surface area contributed by atoms with Crippen molar-refractivity contribution in [2.75, 3.05) is 13.7 Å². The van der Waals surface area contributed by atoms with Crippen molar-refractivity contribution in [2.24, 2.45) is 11.8 Å². The number of esters is 1. The second kappa shape index (κ2) is 7.84. The minimum atomic E-state index is -2.01. The van der Waals surface area contributed by atoms with Crippen molar-refractivity contribution in [1.29, 1.82) is 0 Å². The van der Waals surface area contributed by atoms with E-state index in [0.29, 0.717) is 0 Å². The van der Waals surface area contributed by atoms with Crippen LogP contribution in [0.4, 0.5) is 0 Å². The molecule has 11 heteroatoms. The van der Waals surface area contributed by atoms with Gasteiger partial charge in [-0.05, 0) is 12.3 Å². The van der Waals surface area contributed by atoms with Gasteiger partial charge in [-0.25, -0.2) is 4.79 Å². The lowest BCUT2D eigenvalue weighted by Crippen LogP contribution is -2.61. The number of aliphatic hydroxyl groups excluding tert-OH is 5. The van der Waals surface area contributed by atoms with Crippen molar-refractivity contribution >= 4 is 5.97 Å². The molecule has 1 aliphatic carbocycles. The minimum Gasteiger partial charge on any atom is -0.471 e. The number of fused-ring (bicyclic) bond motifs is 1. The lowest BCUT2D eigenvalue weighted by atomic mass is 9.78. The van der Waals surface area contributed by atoms with E-state index in [1.165, 1.54) is 0 Å². The van der Waals surface area contributed by atoms with Crippen LogP contribution in [0, 0.1) is 11.8 Å². The predicted octanol–water partition coefficient (Wildman–Crippen LogP) is -3.04. The van der Waals surface area contributed by atoms with Gasteiger partial charge in [0.25, 0.3) is 0 Å². The third-order valence-electron chi connectivity index (χ3n) is 5.79. The third kappa shape index (κ3) is 3.21. The molecule has 0 amide bonds. The first-order chi connectivity index (χ1) is 13.2. The van der Waals surface area contributed by atoms with Crippen LogP contribution in [-0.2, 0) is 23.7 Å². The summed E-state index contributed by atoms with van der Waals surface area (Å²) in [6, 6.07) is 0. The van der Waals surface area contributed by atoms with E-state index in [4.69, 9.17) is 14.2 Å². The van der Waals surface area contributed by atoms with E-state index >= 15 is 0 Å². The molecule has 0 radical (unpaired) electrons. The zero-order valence-electron chi connectivity index (χ0n) is 15.4. The highest BCUT2D eigenvalue weighted by atomic mass is 16.8. The molecule has 6 N–H and O–H groups in total. The average Bonchev–Trinajstić information content (AvgIpc) is 2.91. The van der Waals surface area contributed by atoms with Gasteiger partial charge in [0.15, 0.2) is 6.29 Å². The molecule has 1 saturated heterocycles. The molecular weight excluding hydrogens is 380 g/mol. The van der Waals surface area contributed by atoms with Gasteiger partial charge in [0.2, 0.25) is 6.29 Å². The highest BCUT2D eigenvalue weighted by Gasteiger charge is 2.63. The Hall–Kier alpha value is -1.31. The van der Waals surface area contributed by atoms with Crippen molar-refractivity contribution in [3.05, 3.63) is 11.8 Å². The molecular formula is C17H26O11. The number of hydrogen-bond donors (Lipinski definition) is 6. The molecule has 11 nitrogen and oxygen atoms in total. The maximum atomic E-state index is 12.0. The first-order valence-electron chi connectivity index (χ1n) is 8.97. The van der Waals surface area contributed by atoms with E-state index in [-0.39, 0.29) is 17.9 Å². The zero-order chi connectivity index (χ0) is 20.8. The van der Waals surface area contributed by atoms with Crippen LogP contribution in [0.5, 0.6) is 0 Å². The summed E-state index contributed by atoms with van der Waals surface area (Å²) in [5.74, 6) is -2.15. The average molecular weight is 406 g/mol. The monoisotopic (exact) mass is 406 g/mol. The van der Waals surface area contributed by atoms with Crippen LogP contribution >= 0.6 is 0 Å². The molecule has 1 saturated carbocycles. The number of carbonyl (C=O) groups excluding carboxylic acids is 1. The van der Waals surface area contributed by atoms with E-state index in [1.807, 2.05) is 0 Å². The lowest BCUT2D eigenvalue weighted by Gasteiger charge is -2.45. The standard InChI is InChI=1S/C17H26O11/c1-6-3-9(19)17(24)7(14(23)25-2)5-26-15(10(6)17)28-16-13(22)12(21)11(20)8(4-18)27-16/h5-6,8-13,15-16,18-22,24H,3-4H2,1-2H3/t6-,8-,9-,10-,11-,12+,13-,15+,16+,17+/m1/s1. The summed E-state index contributed by atoms with van der Waals surface area (Å²) in [6.45, 7) is 1.09. The van der Waals surface area contributed by atoms with Gasteiger partial charge in [-0.2, -0.15) is 0 Å². The summed E-state index contributed by atoms with van der Waals surface area (Å²) in [7, 11) is 1.13. The minimum absolute atomic E-state index is 0.146. The Balaban J connectivity index is 1.87. The molecule has 2 aliphatic heterocycles. The van der Waals surface area contributed by atoms with Crippen molar-refractivity contribution in [3.63, 3.8) is 0 Å². The van der Waals surface area contributed by atoms with Crippen LogP contribution < -0.4 is 0 Å². The molecule has 3 aliphatic rings. The quantitative estimate of drug-likeness (QED) is 0.262. The SMILES string of the molecule is COC(=O)C1=CO[C@@H](O[C@@H]2O[C@H](CO)[C@@H](O)[C@H](O)[C@H]2O)[C@H]2[C@H](C)C[C@@H](O)[C@@]12O. The second-order valence-corrected chi connectivity index (χ2v) is 7.44. The molecule has 0 aromatic rings. The summed E-state index contributed by atoms with van der Waals surface area (Å²) in [5, 5.41) is 60.8. The molecule has 0 aromatic carbocycles. The molecule has 0 aromatic heterocycles. The summed E-state index contributed by atoms with van der Waals surface area (Å²) in [6.07, 6.45) is -9.02. The van der Waals surface area contributed by atoms with Gasteiger partial charge in [0.05, 0.1) is 32.0 Å². The Labute approximate surface area is 160 Å². The van der Waals surface area contributed by atoms with Crippen LogP contribution in [0.15, 0.2) is 11.8 Å². The second-order valence-electron chi connectivity index (χ2n) is 7.44. The van der Waals surface area contributed by atoms with Gasteiger partial charge in [-0.15, -0.1) is 0 Å². The fraction of sp³-hybridized carbons (Fsp3) is 0.824. The number of hydrogen-bond acceptors (Lipinski definition) is 11. The third-order valence-corrected chi connectivity index (χ3v) is 5.79. The number of methoxy groups -OCH3 is 1. The number of aliphatic hydroxyl groups is 6. The molecule has 2 heterocycles. The molecule has 0 unspecified atom stereocenters. The van der Waals surface area contributed by atoms with Crippen LogP contribution in [0.3, 0.4) is 0 Å². The van der Waals surface area contributed by atoms with Gasteiger partial charge < -0.3 is 49.6 Å². The first-order valence-corrected chi connectivity index (χ1v) is 8.97. The Morgan fingerprint density at radius 2 is 1.89 bits per heavy atom. The van der Waals surface area contributed by atoms with Crippen molar-refractivity contribution < 1.29 is 54.4 Å². The molecule has 2 fully saturated rings. The maximum Gasteiger partial charge on any atom is 0.339 e. The number of ether oxygens (including phenoxy) is 4. The van der Waals surface area contributed by atoms with Gasteiger partial charge in [-0.3, -0.25) is 0 Å². The summed E-state index contributed by atoms with van der Waals surface area (Å²) >= 11 is 0. The van der Waals surface area contributed by atoms with Crippen molar-refractivity contribution in [2.45, 2.75) is 62.0 Å². The fourth-order valence-corrected chi connectivity index (χ4v) is 4.23. The predicted molar refractivity (Wildman–Crippen MR) is 88.1 cm³/mol. The zero-order valence-corrected chi connectivity index (χ0v) is 15.4. The van der Waals surface area contributed by atoms with Gasteiger partial charge in [0, 0.05) is 0 Å². The Bertz CT molecular complexity index is 622. The van der Waals surface area contributed by atoms with E-state index in [9.17, 15) is 35.4 Å². The van der Waals surface area contributed by atoms with Crippen LogP contribution in [0.1, 0.15) is 13.3 Å². The van der Waals surface area contributed by atoms with E-state index in [2.05, 4.69) is 4.74 Å². The maximum absolute atomic E-state index is 12.0. The summed E-state index contributed by atoms with van der Waals surface area (Å²) < 4.78 is 21.0. The normalized spacial score (nSPS) is 48.4. The highest BCUT2D eigenvalue weighted by molar-refractivity contribution is 5.91. The van der Waals surface area contributed by atoms with Crippen LogP contribution in [-0.4, -0.2) is 99.0 Å². The van der Waals surface area contributed by atoms with Crippen LogP contribution in [0.25, 0.3) is 0 Å².